The SMILES string of the molecule is Cc1cc(N)nc(-c2c(Cl)cc3c(N4CC5CC(C4)N5)nc(OC[C@@H]4CCCN4C)nc3c2F)c1C(F)(F)F. The van der Waals surface area contributed by atoms with E-state index in [-0.39, 0.29) is 46.1 Å². The van der Waals surface area contributed by atoms with Gasteiger partial charge in [-0.15, -0.1) is 0 Å². The third kappa shape index (κ3) is 4.72. The van der Waals surface area contributed by atoms with Gasteiger partial charge in [0.25, 0.3) is 0 Å². The number of piperidine rings is 1. The number of rotatable bonds is 5. The normalized spacial score (nSPS) is 23.4. The number of anilines is 2. The van der Waals surface area contributed by atoms with Crippen molar-refractivity contribution in [2.45, 2.75) is 50.5 Å². The van der Waals surface area contributed by atoms with Crippen molar-refractivity contribution >= 4 is 34.1 Å². The van der Waals surface area contributed by atoms with Crippen LogP contribution in [0.1, 0.15) is 30.4 Å². The van der Waals surface area contributed by atoms with Crippen LogP contribution in [0.2, 0.25) is 5.02 Å². The highest BCUT2D eigenvalue weighted by Gasteiger charge is 2.40. The maximum atomic E-state index is 16.3. The van der Waals surface area contributed by atoms with Crippen LogP contribution in [0.15, 0.2) is 12.1 Å². The fourth-order valence-electron chi connectivity index (χ4n) is 5.97. The van der Waals surface area contributed by atoms with E-state index in [1.54, 1.807) is 0 Å². The largest absolute Gasteiger partial charge is 0.462 e. The van der Waals surface area contributed by atoms with Gasteiger partial charge >= 0.3 is 12.2 Å². The lowest BCUT2D eigenvalue weighted by molar-refractivity contribution is -0.137. The molecule has 3 N–H and O–H groups in total. The van der Waals surface area contributed by atoms with Gasteiger partial charge in [-0.3, -0.25) is 0 Å². The van der Waals surface area contributed by atoms with Crippen molar-refractivity contribution in [3.05, 3.63) is 34.1 Å². The minimum absolute atomic E-state index is 0.0371. The number of halogens is 5. The summed E-state index contributed by atoms with van der Waals surface area (Å²) in [5.74, 6) is -0.780. The number of piperazine rings is 1. The van der Waals surface area contributed by atoms with Crippen LogP contribution in [0.5, 0.6) is 6.01 Å². The molecule has 0 aliphatic carbocycles. The molecule has 1 aromatic carbocycles. The summed E-state index contributed by atoms with van der Waals surface area (Å²) in [4.78, 5) is 17.1. The van der Waals surface area contributed by atoms with E-state index in [4.69, 9.17) is 22.1 Å². The molecule has 2 aromatic heterocycles. The molecule has 3 atom stereocenters. The monoisotopic (exact) mass is 565 g/mol. The van der Waals surface area contributed by atoms with Crippen molar-refractivity contribution in [3.63, 3.8) is 0 Å². The first-order chi connectivity index (χ1) is 18.5. The van der Waals surface area contributed by atoms with E-state index in [1.165, 1.54) is 13.0 Å². The first kappa shape index (κ1) is 26.3. The molecule has 4 aliphatic rings. The number of nitrogen functional groups attached to an aromatic ring is 1. The second-order valence-electron chi connectivity index (χ2n) is 10.6. The van der Waals surface area contributed by atoms with Gasteiger partial charge in [0.05, 0.1) is 21.8 Å². The average molecular weight is 566 g/mol. The van der Waals surface area contributed by atoms with Crippen molar-refractivity contribution in [2.24, 2.45) is 0 Å². The number of nitrogens with zero attached hydrogens (tertiary/aromatic N) is 5. The molecule has 0 radical (unpaired) electrons. The van der Waals surface area contributed by atoms with E-state index in [2.05, 4.69) is 25.2 Å². The summed E-state index contributed by atoms with van der Waals surface area (Å²) in [5, 5.41) is 3.50. The zero-order valence-electron chi connectivity index (χ0n) is 21.4. The molecular formula is C26H28ClF4N7O. The van der Waals surface area contributed by atoms with Gasteiger partial charge in [-0.05, 0) is 57.5 Å². The Morgan fingerprint density at radius 1 is 1.18 bits per heavy atom. The van der Waals surface area contributed by atoms with Gasteiger partial charge in [-0.1, -0.05) is 11.6 Å². The third-order valence-corrected chi connectivity index (χ3v) is 8.19. The summed E-state index contributed by atoms with van der Waals surface area (Å²) >= 11 is 6.51. The summed E-state index contributed by atoms with van der Waals surface area (Å²) in [6.07, 6.45) is -1.78. The highest BCUT2D eigenvalue weighted by atomic mass is 35.5. The number of benzene rings is 1. The van der Waals surface area contributed by atoms with E-state index in [0.29, 0.717) is 30.9 Å². The van der Waals surface area contributed by atoms with Crippen LogP contribution >= 0.6 is 11.6 Å². The number of ether oxygens (including phenoxy) is 1. The Balaban J connectivity index is 1.52. The lowest BCUT2D eigenvalue weighted by atomic mass is 9.91. The molecule has 6 heterocycles. The number of hydrogen-bond donors (Lipinski definition) is 2. The van der Waals surface area contributed by atoms with Gasteiger partial charge in [0.15, 0.2) is 5.82 Å². The van der Waals surface area contributed by atoms with Crippen LogP contribution in [0.3, 0.4) is 0 Å². The minimum atomic E-state index is -4.81. The molecule has 3 aromatic rings. The highest BCUT2D eigenvalue weighted by Crippen LogP contribution is 2.45. The summed E-state index contributed by atoms with van der Waals surface area (Å²) in [6.45, 7) is 3.79. The molecule has 39 heavy (non-hydrogen) atoms. The third-order valence-electron chi connectivity index (χ3n) is 7.90. The standard InChI is InChI=1S/C26H28ClF4N7O/c1-12-6-18(32)34-23(20(12)26(29,30)31)19-17(27)8-16-22(21(19)28)35-25(39-11-15-4-3-5-37(15)2)36-24(16)38-9-13-7-14(10-38)33-13/h6,8,13-15,33H,3-5,7,9-11H2,1-2H3,(H2,32,34)/t13?,14?,15-/m0/s1. The summed E-state index contributed by atoms with van der Waals surface area (Å²) in [7, 11) is 2.01. The molecule has 13 heteroatoms. The maximum absolute atomic E-state index is 16.3. The molecule has 7 rings (SSSR count). The van der Waals surface area contributed by atoms with Gasteiger partial charge in [-0.25, -0.2) is 9.37 Å². The van der Waals surface area contributed by atoms with Crippen LogP contribution in [-0.2, 0) is 6.18 Å². The molecule has 4 fully saturated rings. The van der Waals surface area contributed by atoms with Gasteiger partial charge in [-0.2, -0.15) is 23.1 Å². The average Bonchev–Trinajstić information content (AvgIpc) is 3.25. The number of hydrogen-bond acceptors (Lipinski definition) is 8. The van der Waals surface area contributed by atoms with E-state index < -0.39 is 28.8 Å². The van der Waals surface area contributed by atoms with Crippen molar-refractivity contribution in [3.8, 4) is 17.3 Å². The lowest BCUT2D eigenvalue weighted by Crippen LogP contribution is -2.67. The molecule has 8 nitrogen and oxygen atoms in total. The van der Waals surface area contributed by atoms with E-state index in [1.807, 2.05) is 11.9 Å². The minimum Gasteiger partial charge on any atom is -0.462 e. The number of alkyl halides is 3. The summed E-state index contributed by atoms with van der Waals surface area (Å²) in [6, 6.07) is 3.19. The number of likely N-dealkylation sites (N-methyl/N-ethyl adjacent to an activating group) is 1. The van der Waals surface area contributed by atoms with Crippen molar-refractivity contribution < 1.29 is 22.3 Å². The number of aromatic nitrogens is 3. The first-order valence-corrected chi connectivity index (χ1v) is 13.3. The van der Waals surface area contributed by atoms with Crippen molar-refractivity contribution in [1.82, 2.24) is 25.2 Å². The zero-order valence-corrected chi connectivity index (χ0v) is 22.2. The van der Waals surface area contributed by atoms with Crippen molar-refractivity contribution in [1.29, 1.82) is 0 Å². The number of nitrogens with two attached hydrogens (primary N) is 1. The van der Waals surface area contributed by atoms with Crippen molar-refractivity contribution in [2.75, 3.05) is 43.9 Å². The predicted molar refractivity (Wildman–Crippen MR) is 141 cm³/mol. The Kier molecular flexibility index (Phi) is 6.47. The lowest BCUT2D eigenvalue weighted by Gasteiger charge is -2.48. The first-order valence-electron chi connectivity index (χ1n) is 12.9. The number of likely N-dealkylation sites (tertiary alicyclic amines) is 1. The maximum Gasteiger partial charge on any atom is 0.418 e. The van der Waals surface area contributed by atoms with E-state index in [0.717, 1.165) is 31.9 Å². The number of fused-ring (bicyclic) bond motifs is 3. The predicted octanol–water partition coefficient (Wildman–Crippen LogP) is 4.42. The summed E-state index contributed by atoms with van der Waals surface area (Å²) in [5.41, 5.74) is 3.13. The van der Waals surface area contributed by atoms with Gasteiger partial charge in [0, 0.05) is 36.6 Å². The second kappa shape index (κ2) is 9.60. The number of nitrogens with one attached hydrogen (secondary N) is 1. The highest BCUT2D eigenvalue weighted by molar-refractivity contribution is 6.34. The molecule has 0 spiro atoms. The quantitative estimate of drug-likeness (QED) is 0.439. The Labute approximate surface area is 227 Å². The summed E-state index contributed by atoms with van der Waals surface area (Å²) < 4.78 is 64.6. The number of aryl methyl sites for hydroxylation is 1. The smallest absolute Gasteiger partial charge is 0.418 e. The molecule has 4 saturated heterocycles. The van der Waals surface area contributed by atoms with Crippen LogP contribution in [-0.4, -0.2) is 71.3 Å². The van der Waals surface area contributed by atoms with Gasteiger partial charge in [0.1, 0.15) is 23.8 Å². The van der Waals surface area contributed by atoms with E-state index in [9.17, 15) is 13.2 Å². The Hall–Kier alpha value is -2.96. The Morgan fingerprint density at radius 3 is 2.54 bits per heavy atom. The van der Waals surface area contributed by atoms with Crippen LogP contribution in [0, 0.1) is 12.7 Å². The molecule has 0 saturated carbocycles. The van der Waals surface area contributed by atoms with Gasteiger partial charge < -0.3 is 25.6 Å². The molecule has 4 aliphatic heterocycles. The van der Waals surface area contributed by atoms with E-state index >= 15 is 4.39 Å². The fourth-order valence-corrected chi connectivity index (χ4v) is 6.25. The topological polar surface area (TPSA) is 92.4 Å². The van der Waals surface area contributed by atoms with Gasteiger partial charge in [0.2, 0.25) is 0 Å². The fraction of sp³-hybridized carbons (Fsp3) is 0.500. The number of pyridine rings is 1. The molecule has 2 unspecified atom stereocenters. The Bertz CT molecular complexity index is 1440. The van der Waals surface area contributed by atoms with Crippen LogP contribution < -0.4 is 20.7 Å². The van der Waals surface area contributed by atoms with Crippen LogP contribution in [0.25, 0.3) is 22.2 Å². The second-order valence-corrected chi connectivity index (χ2v) is 11.1. The Morgan fingerprint density at radius 2 is 1.90 bits per heavy atom. The molecule has 0 amide bonds. The van der Waals surface area contributed by atoms with Crippen LogP contribution in [0.4, 0.5) is 29.2 Å². The molecule has 2 bridgehead atoms. The molecular weight excluding hydrogens is 538 g/mol. The zero-order chi connectivity index (χ0) is 27.6. The molecule has 208 valence electrons.